The van der Waals surface area contributed by atoms with Gasteiger partial charge >= 0.3 is 0 Å². The molecular formula is C14H19FN2O. The smallest absolute Gasteiger partial charge is 0.128 e. The molecule has 3 atom stereocenters. The fourth-order valence-electron chi connectivity index (χ4n) is 3.43. The highest BCUT2D eigenvalue weighted by atomic mass is 19.1. The summed E-state index contributed by atoms with van der Waals surface area (Å²) >= 11 is 0. The van der Waals surface area contributed by atoms with Gasteiger partial charge in [0.15, 0.2) is 0 Å². The quantitative estimate of drug-likeness (QED) is 0.745. The lowest BCUT2D eigenvalue weighted by Crippen LogP contribution is -2.53. The van der Waals surface area contributed by atoms with Gasteiger partial charge in [0.25, 0.3) is 0 Å². The van der Waals surface area contributed by atoms with Crippen molar-refractivity contribution in [3.05, 3.63) is 35.6 Å². The summed E-state index contributed by atoms with van der Waals surface area (Å²) < 4.78 is 13.8. The molecule has 4 heteroatoms. The van der Waals surface area contributed by atoms with Crippen molar-refractivity contribution >= 4 is 0 Å². The summed E-state index contributed by atoms with van der Waals surface area (Å²) in [4.78, 5) is 0. The molecule has 2 aliphatic heterocycles. The predicted octanol–water partition coefficient (Wildman–Crippen LogP) is 1.47. The third-order valence-corrected chi connectivity index (χ3v) is 4.35. The van der Waals surface area contributed by atoms with Crippen LogP contribution in [0.4, 0.5) is 4.39 Å². The SMILES string of the molecule is NC(c1ccccc1F)C1(O)CC2CCC(C1)N2. The van der Waals surface area contributed by atoms with Crippen LogP contribution in [0.3, 0.4) is 0 Å². The first-order valence-corrected chi connectivity index (χ1v) is 6.57. The van der Waals surface area contributed by atoms with Gasteiger partial charge < -0.3 is 16.2 Å². The molecule has 1 aromatic rings. The van der Waals surface area contributed by atoms with Gasteiger partial charge in [-0.2, -0.15) is 0 Å². The highest BCUT2D eigenvalue weighted by molar-refractivity contribution is 5.25. The minimum absolute atomic E-state index is 0.326. The van der Waals surface area contributed by atoms with E-state index in [9.17, 15) is 9.50 Å². The monoisotopic (exact) mass is 250 g/mol. The summed E-state index contributed by atoms with van der Waals surface area (Å²) in [5.41, 5.74) is 5.57. The van der Waals surface area contributed by atoms with Crippen LogP contribution in [0.1, 0.15) is 37.3 Å². The third kappa shape index (κ3) is 1.94. The molecule has 0 amide bonds. The van der Waals surface area contributed by atoms with Crippen LogP contribution >= 0.6 is 0 Å². The van der Waals surface area contributed by atoms with E-state index < -0.39 is 11.6 Å². The van der Waals surface area contributed by atoms with E-state index in [-0.39, 0.29) is 5.82 Å². The third-order valence-electron chi connectivity index (χ3n) is 4.35. The molecular weight excluding hydrogens is 231 g/mol. The molecule has 3 nitrogen and oxygen atoms in total. The van der Waals surface area contributed by atoms with Gasteiger partial charge in [-0.25, -0.2) is 4.39 Å². The summed E-state index contributed by atoms with van der Waals surface area (Å²) in [6, 6.07) is 6.47. The summed E-state index contributed by atoms with van der Waals surface area (Å²) in [6.45, 7) is 0. The molecule has 1 aromatic carbocycles. The van der Waals surface area contributed by atoms with Crippen molar-refractivity contribution in [3.8, 4) is 0 Å². The van der Waals surface area contributed by atoms with E-state index in [4.69, 9.17) is 5.73 Å². The zero-order valence-corrected chi connectivity index (χ0v) is 10.3. The number of halogens is 1. The van der Waals surface area contributed by atoms with Crippen LogP contribution in [0.2, 0.25) is 0 Å². The number of rotatable bonds is 2. The number of nitrogens with one attached hydrogen (secondary N) is 1. The Bertz CT molecular complexity index is 439. The van der Waals surface area contributed by atoms with E-state index in [1.807, 2.05) is 0 Å². The maximum absolute atomic E-state index is 13.8. The number of benzene rings is 1. The van der Waals surface area contributed by atoms with E-state index in [0.29, 0.717) is 30.5 Å². The highest BCUT2D eigenvalue weighted by Gasteiger charge is 2.46. The van der Waals surface area contributed by atoms with Crippen molar-refractivity contribution in [1.29, 1.82) is 0 Å². The number of hydrogen-bond acceptors (Lipinski definition) is 3. The van der Waals surface area contributed by atoms with E-state index >= 15 is 0 Å². The van der Waals surface area contributed by atoms with Crippen molar-refractivity contribution in [2.45, 2.75) is 49.4 Å². The predicted molar refractivity (Wildman–Crippen MR) is 67.5 cm³/mol. The van der Waals surface area contributed by atoms with Crippen LogP contribution in [0.15, 0.2) is 24.3 Å². The Kier molecular flexibility index (Phi) is 2.88. The van der Waals surface area contributed by atoms with Gasteiger partial charge in [-0.1, -0.05) is 18.2 Å². The van der Waals surface area contributed by atoms with Crippen molar-refractivity contribution in [2.75, 3.05) is 0 Å². The van der Waals surface area contributed by atoms with Crippen LogP contribution in [0.25, 0.3) is 0 Å². The fourth-order valence-corrected chi connectivity index (χ4v) is 3.43. The van der Waals surface area contributed by atoms with Crippen LogP contribution in [-0.4, -0.2) is 22.8 Å². The van der Waals surface area contributed by atoms with Crippen LogP contribution in [0.5, 0.6) is 0 Å². The molecule has 0 aromatic heterocycles. The van der Waals surface area contributed by atoms with Crippen LogP contribution in [-0.2, 0) is 0 Å². The number of hydrogen-bond donors (Lipinski definition) is 3. The Balaban J connectivity index is 1.88. The van der Waals surface area contributed by atoms with Gasteiger partial charge in [0.05, 0.1) is 11.6 Å². The largest absolute Gasteiger partial charge is 0.388 e. The second kappa shape index (κ2) is 4.30. The second-order valence-corrected chi connectivity index (χ2v) is 5.65. The van der Waals surface area contributed by atoms with Gasteiger partial charge in [0.1, 0.15) is 5.82 Å². The molecule has 2 heterocycles. The number of nitrogens with two attached hydrogens (primary N) is 1. The first-order chi connectivity index (χ1) is 8.58. The Morgan fingerprint density at radius 3 is 2.50 bits per heavy atom. The Hall–Kier alpha value is -0.970. The van der Waals surface area contributed by atoms with E-state index in [1.54, 1.807) is 18.2 Å². The van der Waals surface area contributed by atoms with Gasteiger partial charge in [0, 0.05) is 17.6 Å². The van der Waals surface area contributed by atoms with E-state index in [0.717, 1.165) is 12.8 Å². The number of piperidine rings is 1. The second-order valence-electron chi connectivity index (χ2n) is 5.65. The molecule has 98 valence electrons. The minimum atomic E-state index is -0.987. The van der Waals surface area contributed by atoms with Gasteiger partial charge in [-0.3, -0.25) is 0 Å². The molecule has 2 bridgehead atoms. The highest BCUT2D eigenvalue weighted by Crippen LogP contribution is 2.40. The molecule has 4 N–H and O–H groups in total. The summed E-state index contributed by atoms with van der Waals surface area (Å²) in [7, 11) is 0. The standard InChI is InChI=1S/C14H19FN2O/c15-12-4-2-1-3-11(12)13(16)14(18)7-9-5-6-10(8-14)17-9/h1-4,9-10,13,17-18H,5-8,16H2. The first-order valence-electron chi connectivity index (χ1n) is 6.57. The molecule has 2 saturated heterocycles. The normalized spacial score (nSPS) is 36.6. The lowest BCUT2D eigenvalue weighted by molar-refractivity contribution is -0.0306. The zero-order valence-electron chi connectivity index (χ0n) is 10.3. The fraction of sp³-hybridized carbons (Fsp3) is 0.571. The summed E-state index contributed by atoms with van der Waals surface area (Å²) in [5, 5.41) is 14.2. The average Bonchev–Trinajstić information content (AvgIpc) is 2.69. The maximum atomic E-state index is 13.8. The maximum Gasteiger partial charge on any atom is 0.128 e. The first kappa shape index (κ1) is 12.1. The lowest BCUT2D eigenvalue weighted by Gasteiger charge is -2.41. The Morgan fingerprint density at radius 1 is 1.28 bits per heavy atom. The van der Waals surface area contributed by atoms with E-state index in [2.05, 4.69) is 5.32 Å². The van der Waals surface area contributed by atoms with E-state index in [1.165, 1.54) is 6.07 Å². The average molecular weight is 250 g/mol. The zero-order chi connectivity index (χ0) is 12.8. The lowest BCUT2D eigenvalue weighted by atomic mass is 9.79. The molecule has 0 radical (unpaired) electrons. The molecule has 0 spiro atoms. The number of aliphatic hydroxyl groups is 1. The van der Waals surface area contributed by atoms with Crippen LogP contribution in [0, 0.1) is 5.82 Å². The molecule has 2 fully saturated rings. The van der Waals surface area contributed by atoms with Crippen molar-refractivity contribution in [2.24, 2.45) is 5.73 Å². The molecule has 0 aliphatic carbocycles. The molecule has 3 unspecified atom stereocenters. The summed E-state index contributed by atoms with van der Waals surface area (Å²) in [5.74, 6) is -0.329. The Morgan fingerprint density at radius 2 is 1.89 bits per heavy atom. The van der Waals surface area contributed by atoms with Gasteiger partial charge in [-0.15, -0.1) is 0 Å². The topological polar surface area (TPSA) is 58.3 Å². The van der Waals surface area contributed by atoms with Crippen molar-refractivity contribution in [3.63, 3.8) is 0 Å². The van der Waals surface area contributed by atoms with Crippen molar-refractivity contribution < 1.29 is 9.50 Å². The van der Waals surface area contributed by atoms with Gasteiger partial charge in [0.2, 0.25) is 0 Å². The molecule has 0 saturated carbocycles. The molecule has 3 rings (SSSR count). The summed E-state index contributed by atoms with van der Waals surface area (Å²) in [6.07, 6.45) is 3.38. The number of fused-ring (bicyclic) bond motifs is 2. The van der Waals surface area contributed by atoms with Crippen LogP contribution < -0.4 is 11.1 Å². The molecule has 18 heavy (non-hydrogen) atoms. The minimum Gasteiger partial charge on any atom is -0.388 e. The van der Waals surface area contributed by atoms with Gasteiger partial charge in [-0.05, 0) is 31.7 Å². The Labute approximate surface area is 106 Å². The van der Waals surface area contributed by atoms with Crippen molar-refractivity contribution in [1.82, 2.24) is 5.32 Å². The molecule has 2 aliphatic rings.